The Hall–Kier alpha value is -4.28. The fraction of sp³-hybridized carbons (Fsp3) is 0.485. The minimum atomic E-state index is -0.618. The number of nitrogens with zero attached hydrogens (tertiary/aromatic N) is 5. The first-order valence-electron chi connectivity index (χ1n) is 15.2. The minimum absolute atomic E-state index is 0.213. The van der Waals surface area contributed by atoms with E-state index in [0.29, 0.717) is 23.5 Å². The van der Waals surface area contributed by atoms with Crippen molar-refractivity contribution in [1.82, 2.24) is 20.1 Å². The lowest BCUT2D eigenvalue weighted by Crippen LogP contribution is -2.58. The van der Waals surface area contributed by atoms with E-state index in [9.17, 15) is 18.8 Å². The van der Waals surface area contributed by atoms with Gasteiger partial charge in [-0.25, -0.2) is 23.6 Å². The van der Waals surface area contributed by atoms with E-state index in [1.807, 2.05) is 40.7 Å². The van der Waals surface area contributed by atoms with Gasteiger partial charge in [0.05, 0.1) is 29.3 Å². The molecule has 3 aromatic rings. The van der Waals surface area contributed by atoms with Gasteiger partial charge in [0, 0.05) is 37.7 Å². The number of urea groups is 1. The number of pyridine rings is 1. The van der Waals surface area contributed by atoms with Crippen LogP contribution in [0.15, 0.2) is 36.8 Å². The Kier molecular flexibility index (Phi) is 7.45. The standard InChI is InChI=1S/C33H39FN6O4/c1-20-12-25(39-11-8-28(41)37-31(39)43)16-35-29(20)38-18-33(19-38)9-6-22(7-10-33)26-13-24(34)14-27(21(26)2)40-17-23(15-36-40)30(42)44-32(3,4)5/h12-17,22H,6-11,18-19H2,1-5H3,(H,37,41,43). The minimum Gasteiger partial charge on any atom is -0.456 e. The number of carbonyl (C=O) groups is 3. The topological polar surface area (TPSA) is 110 Å². The maximum atomic E-state index is 14.9. The Balaban J connectivity index is 1.10. The number of aromatic nitrogens is 3. The van der Waals surface area contributed by atoms with Gasteiger partial charge in [-0.3, -0.25) is 15.0 Å². The maximum Gasteiger partial charge on any atom is 0.341 e. The zero-order valence-corrected chi connectivity index (χ0v) is 25.9. The second-order valence-corrected chi connectivity index (χ2v) is 13.5. The number of ether oxygens (including phenoxy) is 1. The van der Waals surface area contributed by atoms with Gasteiger partial charge < -0.3 is 9.64 Å². The van der Waals surface area contributed by atoms with Gasteiger partial charge in [-0.15, -0.1) is 0 Å². The van der Waals surface area contributed by atoms with Crippen LogP contribution in [-0.2, 0) is 9.53 Å². The van der Waals surface area contributed by atoms with Crippen molar-refractivity contribution in [3.8, 4) is 5.69 Å². The van der Waals surface area contributed by atoms with Crippen molar-refractivity contribution in [2.24, 2.45) is 5.41 Å². The van der Waals surface area contributed by atoms with Crippen molar-refractivity contribution in [2.45, 2.75) is 78.2 Å². The van der Waals surface area contributed by atoms with Crippen molar-refractivity contribution >= 4 is 29.4 Å². The van der Waals surface area contributed by atoms with E-state index in [4.69, 9.17) is 9.72 Å². The summed E-state index contributed by atoms with van der Waals surface area (Å²) in [5.74, 6) is 0.132. The molecule has 0 atom stereocenters. The molecule has 232 valence electrons. The molecule has 3 fully saturated rings. The number of benzene rings is 1. The second kappa shape index (κ2) is 11.0. The fourth-order valence-corrected chi connectivity index (χ4v) is 6.86. The highest BCUT2D eigenvalue weighted by atomic mass is 19.1. The van der Waals surface area contributed by atoms with E-state index in [2.05, 4.69) is 15.3 Å². The Morgan fingerprint density at radius 3 is 2.48 bits per heavy atom. The predicted molar refractivity (Wildman–Crippen MR) is 164 cm³/mol. The summed E-state index contributed by atoms with van der Waals surface area (Å²) in [5, 5.41) is 6.71. The number of imide groups is 1. The Bertz CT molecular complexity index is 1630. The van der Waals surface area contributed by atoms with E-state index in [1.54, 1.807) is 28.0 Å². The summed E-state index contributed by atoms with van der Waals surface area (Å²) in [5.41, 5.74) is 4.19. The van der Waals surface area contributed by atoms with Gasteiger partial charge in [-0.2, -0.15) is 5.10 Å². The van der Waals surface area contributed by atoms with Crippen LogP contribution in [0.25, 0.3) is 5.69 Å². The first kappa shape index (κ1) is 29.8. The van der Waals surface area contributed by atoms with Crippen LogP contribution in [0.4, 0.5) is 20.7 Å². The van der Waals surface area contributed by atoms with Gasteiger partial charge in [0.1, 0.15) is 17.2 Å². The monoisotopic (exact) mass is 602 g/mol. The third-order valence-corrected chi connectivity index (χ3v) is 9.09. The molecule has 2 saturated heterocycles. The van der Waals surface area contributed by atoms with E-state index in [-0.39, 0.29) is 29.5 Å². The number of carbonyl (C=O) groups excluding carboxylic acids is 3. The number of rotatable bonds is 5. The van der Waals surface area contributed by atoms with Crippen molar-refractivity contribution in [3.63, 3.8) is 0 Å². The first-order valence-corrected chi connectivity index (χ1v) is 15.2. The zero-order valence-electron chi connectivity index (χ0n) is 25.9. The van der Waals surface area contributed by atoms with Gasteiger partial charge in [-0.05, 0) is 101 Å². The van der Waals surface area contributed by atoms with Gasteiger partial charge in [-0.1, -0.05) is 0 Å². The zero-order chi connectivity index (χ0) is 31.4. The van der Waals surface area contributed by atoms with E-state index in [0.717, 1.165) is 61.3 Å². The summed E-state index contributed by atoms with van der Waals surface area (Å²) in [6, 6.07) is 4.67. The molecule has 0 bridgehead atoms. The number of halogens is 1. The summed E-state index contributed by atoms with van der Waals surface area (Å²) in [4.78, 5) is 44.8. The van der Waals surface area contributed by atoms with Gasteiger partial charge in [0.2, 0.25) is 5.91 Å². The number of esters is 1. The molecule has 10 nitrogen and oxygen atoms in total. The van der Waals surface area contributed by atoms with Crippen LogP contribution in [0, 0.1) is 25.1 Å². The summed E-state index contributed by atoms with van der Waals surface area (Å²) in [7, 11) is 0. The van der Waals surface area contributed by atoms with Crippen LogP contribution < -0.4 is 15.1 Å². The fourth-order valence-electron chi connectivity index (χ4n) is 6.86. The molecule has 11 heteroatoms. The smallest absolute Gasteiger partial charge is 0.341 e. The van der Waals surface area contributed by atoms with Crippen LogP contribution in [-0.4, -0.2) is 57.9 Å². The van der Waals surface area contributed by atoms with Crippen LogP contribution >= 0.6 is 0 Å². The van der Waals surface area contributed by atoms with Crippen LogP contribution in [0.3, 0.4) is 0 Å². The molecule has 1 spiro atoms. The lowest BCUT2D eigenvalue weighted by molar-refractivity contribution is -0.120. The Morgan fingerprint density at radius 1 is 1.09 bits per heavy atom. The lowest BCUT2D eigenvalue weighted by Gasteiger charge is -2.54. The van der Waals surface area contributed by atoms with E-state index >= 15 is 0 Å². The molecule has 1 saturated carbocycles. The number of amides is 3. The highest BCUT2D eigenvalue weighted by Crippen LogP contribution is 2.50. The van der Waals surface area contributed by atoms with E-state index < -0.39 is 17.6 Å². The van der Waals surface area contributed by atoms with Crippen molar-refractivity contribution < 1.29 is 23.5 Å². The molecule has 3 aliphatic rings. The van der Waals surface area contributed by atoms with Crippen molar-refractivity contribution in [3.05, 3.63) is 64.9 Å². The maximum absolute atomic E-state index is 14.9. The van der Waals surface area contributed by atoms with Crippen LogP contribution in [0.5, 0.6) is 0 Å². The Morgan fingerprint density at radius 2 is 1.82 bits per heavy atom. The molecule has 44 heavy (non-hydrogen) atoms. The third kappa shape index (κ3) is 5.79. The number of nitrogens with one attached hydrogen (secondary N) is 1. The number of hydrogen-bond acceptors (Lipinski definition) is 7. The first-order chi connectivity index (χ1) is 20.8. The molecule has 1 N–H and O–H groups in total. The molecule has 3 amide bonds. The van der Waals surface area contributed by atoms with Crippen LogP contribution in [0.1, 0.15) is 85.8 Å². The second-order valence-electron chi connectivity index (χ2n) is 13.5. The number of aryl methyl sites for hydroxylation is 1. The SMILES string of the molecule is Cc1cc(N2CCC(=O)NC2=O)cnc1N1CC2(CCC(c3cc(F)cc(-n4cc(C(=O)OC(C)(C)C)cn4)c3C)CC2)C1. The predicted octanol–water partition coefficient (Wildman–Crippen LogP) is 5.59. The number of hydrogen-bond donors (Lipinski definition) is 1. The third-order valence-electron chi connectivity index (χ3n) is 9.09. The Labute approximate surface area is 256 Å². The molecular weight excluding hydrogens is 563 g/mol. The van der Waals surface area contributed by atoms with Crippen molar-refractivity contribution in [1.29, 1.82) is 0 Å². The summed E-state index contributed by atoms with van der Waals surface area (Å²) >= 11 is 0. The van der Waals surface area contributed by atoms with Gasteiger partial charge in [0.15, 0.2) is 0 Å². The highest BCUT2D eigenvalue weighted by molar-refractivity contribution is 6.05. The largest absolute Gasteiger partial charge is 0.456 e. The molecule has 4 heterocycles. The summed E-state index contributed by atoms with van der Waals surface area (Å²) in [6.07, 6.45) is 9.07. The summed E-state index contributed by atoms with van der Waals surface area (Å²) < 4.78 is 22.0. The quantitative estimate of drug-likeness (QED) is 0.379. The average molecular weight is 603 g/mol. The normalized spacial score (nSPS) is 18.8. The molecule has 1 aliphatic carbocycles. The number of anilines is 2. The molecule has 0 unspecified atom stereocenters. The molecular formula is C33H39FN6O4. The molecule has 6 rings (SSSR count). The van der Waals surface area contributed by atoms with Gasteiger partial charge >= 0.3 is 12.0 Å². The highest BCUT2D eigenvalue weighted by Gasteiger charge is 2.46. The lowest BCUT2D eigenvalue weighted by atomic mass is 9.64. The molecule has 0 radical (unpaired) electrons. The van der Waals surface area contributed by atoms with Crippen LogP contribution in [0.2, 0.25) is 0 Å². The molecule has 2 aliphatic heterocycles. The molecule has 2 aromatic heterocycles. The summed E-state index contributed by atoms with van der Waals surface area (Å²) in [6.45, 7) is 11.6. The van der Waals surface area contributed by atoms with Gasteiger partial charge in [0.25, 0.3) is 0 Å². The van der Waals surface area contributed by atoms with Crippen molar-refractivity contribution in [2.75, 3.05) is 29.4 Å². The average Bonchev–Trinajstić information content (AvgIpc) is 3.43. The molecule has 1 aromatic carbocycles. The van der Waals surface area contributed by atoms with E-state index in [1.165, 1.54) is 12.3 Å².